The minimum absolute atomic E-state index is 0.0942. The summed E-state index contributed by atoms with van der Waals surface area (Å²) in [5.41, 5.74) is 5.24. The van der Waals surface area contributed by atoms with Gasteiger partial charge in [-0.3, -0.25) is 0 Å². The van der Waals surface area contributed by atoms with Gasteiger partial charge in [-0.15, -0.1) is 0 Å². The Labute approximate surface area is 104 Å². The van der Waals surface area contributed by atoms with Crippen LogP contribution in [-0.2, 0) is 10.0 Å². The van der Waals surface area contributed by atoms with E-state index in [1.807, 2.05) is 0 Å². The molecule has 0 radical (unpaired) electrons. The van der Waals surface area contributed by atoms with E-state index in [-0.39, 0.29) is 4.90 Å². The Morgan fingerprint density at radius 3 is 2.39 bits per heavy atom. The van der Waals surface area contributed by atoms with E-state index >= 15 is 0 Å². The number of halogens is 2. The Bertz CT molecular complexity index is 463. The molecular weight excluding hydrogens is 266 g/mol. The molecule has 5 nitrogen and oxygen atoms in total. The van der Waals surface area contributed by atoms with Gasteiger partial charge in [-0.2, -0.15) is 0 Å². The summed E-state index contributed by atoms with van der Waals surface area (Å²) in [6.07, 6.45) is -2.73. The van der Waals surface area contributed by atoms with Gasteiger partial charge in [0.15, 0.2) is 0 Å². The van der Waals surface area contributed by atoms with Crippen LogP contribution in [0.15, 0.2) is 29.2 Å². The van der Waals surface area contributed by atoms with Crippen molar-refractivity contribution >= 4 is 10.0 Å². The zero-order valence-electron chi connectivity index (χ0n) is 9.47. The summed E-state index contributed by atoms with van der Waals surface area (Å²) in [6.45, 7) is -0.251. The Hall–Kier alpha value is -1.25. The van der Waals surface area contributed by atoms with E-state index in [4.69, 9.17) is 10.5 Å². The lowest BCUT2D eigenvalue weighted by atomic mass is 10.3. The molecule has 0 saturated carbocycles. The molecule has 18 heavy (non-hydrogen) atoms. The normalized spacial score (nSPS) is 11.8. The van der Waals surface area contributed by atoms with Gasteiger partial charge in [0.2, 0.25) is 10.0 Å². The number of nitrogens with two attached hydrogens (primary N) is 1. The Balaban J connectivity index is 2.71. The minimum atomic E-state index is -3.90. The summed E-state index contributed by atoms with van der Waals surface area (Å²) in [5.74, 6) is 0.466. The van der Waals surface area contributed by atoms with Gasteiger partial charge in [0.25, 0.3) is 6.43 Å². The number of hydrogen-bond acceptors (Lipinski definition) is 4. The molecule has 102 valence electrons. The van der Waals surface area contributed by atoms with Crippen molar-refractivity contribution < 1.29 is 21.9 Å². The molecule has 0 saturated heterocycles. The molecule has 0 unspecified atom stereocenters. The number of hydrogen-bond donors (Lipinski definition) is 2. The molecule has 8 heteroatoms. The van der Waals surface area contributed by atoms with E-state index in [0.717, 1.165) is 0 Å². The molecule has 0 aliphatic rings. The average Bonchev–Trinajstić information content (AvgIpc) is 2.34. The molecule has 0 aromatic heterocycles. The summed E-state index contributed by atoms with van der Waals surface area (Å²) in [5, 5.41) is 0. The summed E-state index contributed by atoms with van der Waals surface area (Å²) in [4.78, 5) is -0.0942. The van der Waals surface area contributed by atoms with Crippen molar-refractivity contribution in [3.8, 4) is 5.75 Å². The van der Waals surface area contributed by atoms with Crippen LogP contribution >= 0.6 is 0 Å². The number of rotatable bonds is 7. The van der Waals surface area contributed by atoms with Crippen molar-refractivity contribution in [3.63, 3.8) is 0 Å². The highest BCUT2D eigenvalue weighted by Crippen LogP contribution is 2.15. The maximum atomic E-state index is 11.9. The summed E-state index contributed by atoms with van der Waals surface area (Å²) < 4.78 is 53.9. The first kappa shape index (κ1) is 14.8. The van der Waals surface area contributed by atoms with Crippen molar-refractivity contribution in [2.24, 2.45) is 5.73 Å². The highest BCUT2D eigenvalue weighted by atomic mass is 32.2. The first-order chi connectivity index (χ1) is 8.45. The first-order valence-corrected chi connectivity index (χ1v) is 6.65. The zero-order chi connectivity index (χ0) is 13.6. The fraction of sp³-hybridized carbons (Fsp3) is 0.400. The summed E-state index contributed by atoms with van der Waals surface area (Å²) in [7, 11) is -3.90. The van der Waals surface area contributed by atoms with Crippen LogP contribution in [0.25, 0.3) is 0 Å². The van der Waals surface area contributed by atoms with Gasteiger partial charge in [0.1, 0.15) is 12.4 Å². The first-order valence-electron chi connectivity index (χ1n) is 5.16. The molecule has 0 amide bonds. The van der Waals surface area contributed by atoms with E-state index in [0.29, 0.717) is 18.9 Å². The summed E-state index contributed by atoms with van der Waals surface area (Å²) in [6, 6.07) is 5.43. The molecule has 0 heterocycles. The van der Waals surface area contributed by atoms with E-state index in [1.165, 1.54) is 24.3 Å². The zero-order valence-corrected chi connectivity index (χ0v) is 10.3. The SMILES string of the molecule is NCCOc1ccc(S(=O)(=O)NCC(F)F)cc1. The average molecular weight is 280 g/mol. The van der Waals surface area contributed by atoms with Gasteiger partial charge in [-0.05, 0) is 24.3 Å². The lowest BCUT2D eigenvalue weighted by molar-refractivity contribution is 0.153. The number of nitrogens with one attached hydrogen (secondary N) is 1. The second-order valence-corrected chi connectivity index (χ2v) is 5.12. The van der Waals surface area contributed by atoms with E-state index in [1.54, 1.807) is 4.72 Å². The van der Waals surface area contributed by atoms with Crippen LogP contribution in [0.5, 0.6) is 5.75 Å². The number of benzene rings is 1. The van der Waals surface area contributed by atoms with Crippen molar-refractivity contribution in [1.29, 1.82) is 0 Å². The van der Waals surface area contributed by atoms with Gasteiger partial charge in [0, 0.05) is 6.54 Å². The van der Waals surface area contributed by atoms with Gasteiger partial charge >= 0.3 is 0 Å². The predicted octanol–water partition coefficient (Wildman–Crippen LogP) is 0.567. The molecule has 1 aromatic rings. The van der Waals surface area contributed by atoms with Crippen LogP contribution in [0.1, 0.15) is 0 Å². The van der Waals surface area contributed by atoms with E-state index in [9.17, 15) is 17.2 Å². The molecule has 0 atom stereocenters. The molecule has 0 bridgehead atoms. The second-order valence-electron chi connectivity index (χ2n) is 3.35. The van der Waals surface area contributed by atoms with Crippen LogP contribution in [0.3, 0.4) is 0 Å². The third-order valence-corrected chi connectivity index (χ3v) is 3.39. The van der Waals surface area contributed by atoms with Crippen molar-refractivity contribution in [1.82, 2.24) is 4.72 Å². The van der Waals surface area contributed by atoms with E-state index in [2.05, 4.69) is 0 Å². The van der Waals surface area contributed by atoms with Gasteiger partial charge in [0.05, 0.1) is 11.4 Å². The van der Waals surface area contributed by atoms with Crippen LogP contribution in [0.2, 0.25) is 0 Å². The predicted molar refractivity (Wildman–Crippen MR) is 62.2 cm³/mol. The Morgan fingerprint density at radius 1 is 1.28 bits per heavy atom. The van der Waals surface area contributed by atoms with Crippen LogP contribution in [0, 0.1) is 0 Å². The smallest absolute Gasteiger partial charge is 0.251 e. The fourth-order valence-corrected chi connectivity index (χ4v) is 2.15. The third-order valence-electron chi connectivity index (χ3n) is 1.95. The molecule has 1 aromatic carbocycles. The number of alkyl halides is 2. The lowest BCUT2D eigenvalue weighted by Crippen LogP contribution is -2.28. The van der Waals surface area contributed by atoms with Gasteiger partial charge in [-0.1, -0.05) is 0 Å². The quantitative estimate of drug-likeness (QED) is 0.765. The molecular formula is C10H14F2N2O3S. The fourth-order valence-electron chi connectivity index (χ4n) is 1.15. The van der Waals surface area contributed by atoms with Crippen LogP contribution in [-0.4, -0.2) is 34.5 Å². The minimum Gasteiger partial charge on any atom is -0.492 e. The molecule has 0 fully saturated rings. The topological polar surface area (TPSA) is 81.4 Å². The van der Waals surface area contributed by atoms with E-state index < -0.39 is 23.0 Å². The third kappa shape index (κ3) is 4.55. The maximum absolute atomic E-state index is 11.9. The monoisotopic (exact) mass is 280 g/mol. The Morgan fingerprint density at radius 2 is 1.89 bits per heavy atom. The summed E-state index contributed by atoms with van der Waals surface area (Å²) >= 11 is 0. The van der Waals surface area contributed by atoms with Crippen molar-refractivity contribution in [3.05, 3.63) is 24.3 Å². The molecule has 0 aliphatic carbocycles. The van der Waals surface area contributed by atoms with Crippen molar-refractivity contribution in [2.45, 2.75) is 11.3 Å². The van der Waals surface area contributed by atoms with Crippen molar-refractivity contribution in [2.75, 3.05) is 19.7 Å². The van der Waals surface area contributed by atoms with Crippen LogP contribution < -0.4 is 15.2 Å². The van der Waals surface area contributed by atoms with Gasteiger partial charge in [-0.25, -0.2) is 21.9 Å². The van der Waals surface area contributed by atoms with Gasteiger partial charge < -0.3 is 10.5 Å². The van der Waals surface area contributed by atoms with Crippen LogP contribution in [0.4, 0.5) is 8.78 Å². The highest BCUT2D eigenvalue weighted by molar-refractivity contribution is 7.89. The molecule has 1 rings (SSSR count). The maximum Gasteiger partial charge on any atom is 0.251 e. The standard InChI is InChI=1S/C10H14F2N2O3S/c11-10(12)7-14-18(15,16)9-3-1-8(2-4-9)17-6-5-13/h1-4,10,14H,5-7,13H2. The second kappa shape index (κ2) is 6.62. The molecule has 0 spiro atoms. The lowest BCUT2D eigenvalue weighted by Gasteiger charge is -2.08. The molecule has 3 N–H and O–H groups in total. The highest BCUT2D eigenvalue weighted by Gasteiger charge is 2.15. The Kier molecular flexibility index (Phi) is 5.45. The molecule has 0 aliphatic heterocycles. The number of ether oxygens (including phenoxy) is 1. The number of sulfonamides is 1. The largest absolute Gasteiger partial charge is 0.492 e.